The Bertz CT molecular complexity index is 1150. The molecule has 0 aliphatic heterocycles. The van der Waals surface area contributed by atoms with Crippen molar-refractivity contribution in [3.63, 3.8) is 0 Å². The van der Waals surface area contributed by atoms with Crippen molar-refractivity contribution < 1.29 is 18.8 Å². The van der Waals surface area contributed by atoms with E-state index in [0.29, 0.717) is 40.3 Å². The van der Waals surface area contributed by atoms with Gasteiger partial charge in [0.1, 0.15) is 17.0 Å². The largest absolute Gasteiger partial charge is 0.456 e. The molecule has 1 aromatic heterocycles. The van der Waals surface area contributed by atoms with Crippen LogP contribution in [-0.2, 0) is 21.5 Å². The van der Waals surface area contributed by atoms with Crippen molar-refractivity contribution in [2.45, 2.75) is 63.8 Å². The van der Waals surface area contributed by atoms with E-state index in [-0.39, 0.29) is 18.2 Å². The van der Waals surface area contributed by atoms with Crippen LogP contribution in [0.2, 0.25) is 5.02 Å². The first kappa shape index (κ1) is 24.7. The minimum absolute atomic E-state index is 0.110. The summed E-state index contributed by atoms with van der Waals surface area (Å²) in [4.78, 5) is 28.9. The molecule has 1 heterocycles. The molecule has 0 bridgehead atoms. The maximum atomic E-state index is 12.5. The molecule has 1 fully saturated rings. The van der Waals surface area contributed by atoms with E-state index < -0.39 is 5.54 Å². The molecule has 2 amide bonds. The molecule has 35 heavy (non-hydrogen) atoms. The summed E-state index contributed by atoms with van der Waals surface area (Å²) < 4.78 is 11.2. The van der Waals surface area contributed by atoms with E-state index in [4.69, 9.17) is 20.9 Å². The van der Waals surface area contributed by atoms with Gasteiger partial charge in [-0.1, -0.05) is 54.6 Å². The Morgan fingerprint density at radius 3 is 2.46 bits per heavy atom. The second-order valence-electron chi connectivity index (χ2n) is 8.79. The second-order valence-corrected chi connectivity index (χ2v) is 9.20. The fourth-order valence-corrected chi connectivity index (χ4v) is 4.50. The molecule has 3 aromatic rings. The highest BCUT2D eigenvalue weighted by Gasteiger charge is 2.38. The molecule has 1 aliphatic carbocycles. The molecular formula is C26H29ClN4O4. The molecule has 0 saturated heterocycles. The molecule has 1 saturated carbocycles. The molecule has 0 unspecified atom stereocenters. The van der Waals surface area contributed by atoms with Crippen LogP contribution in [0.1, 0.15) is 63.6 Å². The normalized spacial score (nSPS) is 15.1. The number of amides is 2. The topological polar surface area (TPSA) is 106 Å². The number of nitrogens with zero attached hydrogens (tertiary/aromatic N) is 2. The summed E-state index contributed by atoms with van der Waals surface area (Å²) in [6.07, 6.45) is 6.29. The van der Waals surface area contributed by atoms with Gasteiger partial charge >= 0.3 is 0 Å². The van der Waals surface area contributed by atoms with Gasteiger partial charge in [0.15, 0.2) is 5.82 Å². The maximum absolute atomic E-state index is 12.5. The Morgan fingerprint density at radius 1 is 1.06 bits per heavy atom. The van der Waals surface area contributed by atoms with Crippen LogP contribution in [0.25, 0.3) is 0 Å². The van der Waals surface area contributed by atoms with E-state index in [2.05, 4.69) is 20.8 Å². The third-order valence-electron chi connectivity index (χ3n) is 6.04. The minimum Gasteiger partial charge on any atom is -0.456 e. The van der Waals surface area contributed by atoms with Crippen LogP contribution in [0.3, 0.4) is 0 Å². The smallest absolute Gasteiger partial charge is 0.227 e. The quantitative estimate of drug-likeness (QED) is 0.383. The minimum atomic E-state index is -0.597. The Hall–Kier alpha value is -3.39. The van der Waals surface area contributed by atoms with Gasteiger partial charge in [0.2, 0.25) is 17.7 Å². The number of rotatable bonds is 8. The Labute approximate surface area is 209 Å². The van der Waals surface area contributed by atoms with Crippen LogP contribution in [0.4, 0.5) is 5.69 Å². The first-order chi connectivity index (χ1) is 16.9. The third kappa shape index (κ3) is 6.60. The fourth-order valence-electron chi connectivity index (χ4n) is 4.33. The highest BCUT2D eigenvalue weighted by molar-refractivity contribution is 6.32. The number of carbonyl (C=O) groups is 2. The maximum Gasteiger partial charge on any atom is 0.227 e. The first-order valence-corrected chi connectivity index (χ1v) is 12.3. The number of benzene rings is 2. The third-order valence-corrected chi connectivity index (χ3v) is 6.35. The Balaban J connectivity index is 1.32. The molecule has 2 N–H and O–H groups in total. The van der Waals surface area contributed by atoms with Crippen molar-refractivity contribution >= 4 is 29.1 Å². The lowest BCUT2D eigenvalue weighted by atomic mass is 9.89. The van der Waals surface area contributed by atoms with Crippen LogP contribution < -0.4 is 15.4 Å². The molecule has 4 rings (SSSR count). The van der Waals surface area contributed by atoms with Gasteiger partial charge in [-0.15, -0.1) is 0 Å². The number of ether oxygens (including phenoxy) is 1. The van der Waals surface area contributed by atoms with Gasteiger partial charge in [0.25, 0.3) is 0 Å². The lowest BCUT2D eigenvalue weighted by Crippen LogP contribution is -2.45. The molecule has 2 aromatic carbocycles. The van der Waals surface area contributed by atoms with E-state index in [9.17, 15) is 9.59 Å². The Kier molecular flexibility index (Phi) is 8.02. The summed E-state index contributed by atoms with van der Waals surface area (Å²) in [5.74, 6) is 1.78. The van der Waals surface area contributed by atoms with Gasteiger partial charge < -0.3 is 19.9 Å². The summed E-state index contributed by atoms with van der Waals surface area (Å²) in [5.41, 5.74) is 0.0518. The van der Waals surface area contributed by atoms with E-state index >= 15 is 0 Å². The number of carbonyl (C=O) groups excluding carboxylic acids is 2. The average Bonchev–Trinajstić information content (AvgIpc) is 3.20. The van der Waals surface area contributed by atoms with Crippen LogP contribution in [-0.4, -0.2) is 22.0 Å². The number of aryl methyl sites for hydroxylation is 1. The highest BCUT2D eigenvalue weighted by Crippen LogP contribution is 2.35. The van der Waals surface area contributed by atoms with Crippen molar-refractivity contribution in [1.82, 2.24) is 15.5 Å². The van der Waals surface area contributed by atoms with Gasteiger partial charge in [0.05, 0.1) is 5.02 Å². The second kappa shape index (κ2) is 11.4. The number of halogens is 1. The lowest BCUT2D eigenvalue weighted by Gasteiger charge is -2.30. The highest BCUT2D eigenvalue weighted by atomic mass is 35.5. The number of aromatic nitrogens is 2. The number of hydrogen-bond acceptors (Lipinski definition) is 6. The van der Waals surface area contributed by atoms with Gasteiger partial charge in [-0.25, -0.2) is 0 Å². The summed E-state index contributed by atoms with van der Waals surface area (Å²) in [6.45, 7) is 1.51. The first-order valence-electron chi connectivity index (χ1n) is 11.9. The van der Waals surface area contributed by atoms with E-state index in [1.165, 1.54) is 6.92 Å². The van der Waals surface area contributed by atoms with Crippen LogP contribution >= 0.6 is 11.6 Å². The van der Waals surface area contributed by atoms with Crippen molar-refractivity contribution in [3.05, 3.63) is 65.3 Å². The average molecular weight is 497 g/mol. The van der Waals surface area contributed by atoms with Gasteiger partial charge in [0, 0.05) is 25.5 Å². The summed E-state index contributed by atoms with van der Waals surface area (Å²) in [5, 5.41) is 10.6. The summed E-state index contributed by atoms with van der Waals surface area (Å²) >= 11 is 6.12. The van der Waals surface area contributed by atoms with E-state index in [1.807, 2.05) is 12.1 Å². The van der Waals surface area contributed by atoms with Crippen LogP contribution in [0, 0.1) is 0 Å². The number of nitrogens with one attached hydrogen (secondary N) is 2. The standard InChI is InChI=1S/C26H29ClN4O4/c1-18(32)30-26(16-6-2-3-7-17-26)25-29-24(35-31-25)15-14-23(33)28-19-10-12-20(13-11-19)34-22-9-5-4-8-21(22)27/h4-5,8-13H,2-3,6-7,14-17H2,1H3,(H,28,33)(H,30,32). The van der Waals surface area contributed by atoms with Gasteiger partial charge in [-0.05, 0) is 49.2 Å². The molecular weight excluding hydrogens is 468 g/mol. The molecule has 9 heteroatoms. The zero-order chi connectivity index (χ0) is 24.7. The molecule has 1 aliphatic rings. The zero-order valence-electron chi connectivity index (χ0n) is 19.7. The molecule has 184 valence electrons. The van der Waals surface area contributed by atoms with Gasteiger partial charge in [-0.3, -0.25) is 9.59 Å². The number of anilines is 1. The fraction of sp³-hybridized carbons (Fsp3) is 0.385. The predicted molar refractivity (Wildman–Crippen MR) is 132 cm³/mol. The Morgan fingerprint density at radius 2 is 1.77 bits per heavy atom. The summed E-state index contributed by atoms with van der Waals surface area (Å²) in [6, 6.07) is 14.3. The van der Waals surface area contributed by atoms with Crippen molar-refractivity contribution in [1.29, 1.82) is 0 Å². The monoisotopic (exact) mass is 496 g/mol. The molecule has 8 nitrogen and oxygen atoms in total. The number of para-hydroxylation sites is 1. The molecule has 0 radical (unpaired) electrons. The number of hydrogen-bond donors (Lipinski definition) is 2. The van der Waals surface area contributed by atoms with Crippen molar-refractivity contribution in [3.8, 4) is 11.5 Å². The van der Waals surface area contributed by atoms with Crippen LogP contribution in [0.5, 0.6) is 11.5 Å². The lowest BCUT2D eigenvalue weighted by molar-refractivity contribution is -0.121. The summed E-state index contributed by atoms with van der Waals surface area (Å²) in [7, 11) is 0. The van der Waals surface area contributed by atoms with Crippen molar-refractivity contribution in [2.24, 2.45) is 0 Å². The molecule has 0 atom stereocenters. The molecule has 0 spiro atoms. The van der Waals surface area contributed by atoms with E-state index in [0.717, 1.165) is 38.5 Å². The zero-order valence-corrected chi connectivity index (χ0v) is 20.4. The van der Waals surface area contributed by atoms with E-state index in [1.54, 1.807) is 36.4 Å². The van der Waals surface area contributed by atoms with Crippen molar-refractivity contribution in [2.75, 3.05) is 5.32 Å². The SMILES string of the molecule is CC(=O)NC1(c2noc(CCC(=O)Nc3ccc(Oc4ccccc4Cl)cc3)n2)CCCCCC1. The van der Waals surface area contributed by atoms with Gasteiger partial charge in [-0.2, -0.15) is 4.98 Å². The van der Waals surface area contributed by atoms with Crippen LogP contribution in [0.15, 0.2) is 53.1 Å². The predicted octanol–water partition coefficient (Wildman–Crippen LogP) is 5.77.